The number of hydrogen-bond donors (Lipinski definition) is 0. The molecule has 5 heteroatoms. The monoisotopic (exact) mass is 233 g/mol. The number of methoxy groups -OCH3 is 1. The van der Waals surface area contributed by atoms with Crippen LogP contribution >= 0.6 is 0 Å². The van der Waals surface area contributed by atoms with Crippen molar-refractivity contribution in [2.24, 2.45) is 0 Å². The predicted molar refractivity (Wildman–Crippen MR) is 61.5 cm³/mol. The minimum atomic E-state index is -0.502. The number of rotatable bonds is 4. The van der Waals surface area contributed by atoms with E-state index >= 15 is 0 Å². The molecule has 0 unspecified atom stereocenters. The Kier molecular flexibility index (Phi) is 4.20. The van der Waals surface area contributed by atoms with Crippen LogP contribution in [0, 0.1) is 10.1 Å². The number of nitro groups is 1. The van der Waals surface area contributed by atoms with Crippen LogP contribution in [0.5, 0.6) is 0 Å². The van der Waals surface area contributed by atoms with Crippen molar-refractivity contribution in [2.75, 3.05) is 7.11 Å². The van der Waals surface area contributed by atoms with Crippen LogP contribution in [-0.4, -0.2) is 18.0 Å². The van der Waals surface area contributed by atoms with Crippen molar-refractivity contribution in [3.8, 4) is 0 Å². The second-order valence-electron chi connectivity index (χ2n) is 3.25. The molecule has 1 rings (SSSR count). The molecule has 0 aliphatic heterocycles. The molecule has 0 heterocycles. The number of esters is 1. The van der Waals surface area contributed by atoms with Crippen LogP contribution in [0.3, 0.4) is 0 Å². The average Bonchev–Trinajstić information content (AvgIpc) is 2.35. The van der Waals surface area contributed by atoms with Gasteiger partial charge in [-0.25, -0.2) is 4.79 Å². The average molecular weight is 233 g/mol. The fourth-order valence-electron chi connectivity index (χ4n) is 1.27. The van der Waals surface area contributed by atoms with Gasteiger partial charge in [-0.15, -0.1) is 5.73 Å². The van der Waals surface area contributed by atoms with Crippen LogP contribution in [0.25, 0.3) is 0 Å². The summed E-state index contributed by atoms with van der Waals surface area (Å²) in [5, 5.41) is 10.4. The lowest BCUT2D eigenvalue weighted by molar-refractivity contribution is -0.384. The first-order valence-electron chi connectivity index (χ1n) is 4.79. The zero-order valence-corrected chi connectivity index (χ0v) is 9.30. The fourth-order valence-corrected chi connectivity index (χ4v) is 1.27. The smallest absolute Gasteiger partial charge is 0.341 e. The fraction of sp³-hybridized carbons (Fsp3) is 0.167. The second kappa shape index (κ2) is 5.63. The first-order chi connectivity index (χ1) is 8.08. The molecule has 0 aliphatic rings. The van der Waals surface area contributed by atoms with Crippen LogP contribution in [0.4, 0.5) is 5.69 Å². The summed E-state index contributed by atoms with van der Waals surface area (Å²) in [6.45, 7) is 3.40. The summed E-state index contributed by atoms with van der Waals surface area (Å²) in [6.07, 6.45) is 0.286. The van der Waals surface area contributed by atoms with E-state index in [1.165, 1.54) is 19.2 Å². The highest BCUT2D eigenvalue weighted by Gasteiger charge is 2.10. The number of carbonyl (C=O) groups excluding carboxylic acids is 1. The second-order valence-corrected chi connectivity index (χ2v) is 3.25. The summed E-state index contributed by atoms with van der Waals surface area (Å²) in [7, 11) is 1.27. The van der Waals surface area contributed by atoms with E-state index in [-0.39, 0.29) is 12.1 Å². The van der Waals surface area contributed by atoms with Crippen LogP contribution in [0.15, 0.2) is 42.1 Å². The van der Waals surface area contributed by atoms with Gasteiger partial charge in [0.05, 0.1) is 17.6 Å². The number of nitrogens with zero attached hydrogens (tertiary/aromatic N) is 1. The van der Waals surface area contributed by atoms with E-state index in [2.05, 4.69) is 17.0 Å². The van der Waals surface area contributed by atoms with Gasteiger partial charge in [0, 0.05) is 18.6 Å². The quantitative estimate of drug-likeness (QED) is 0.262. The van der Waals surface area contributed by atoms with Crippen molar-refractivity contribution >= 4 is 11.7 Å². The summed E-state index contributed by atoms with van der Waals surface area (Å²) in [5.74, 6) is -0.502. The minimum absolute atomic E-state index is 0.0101. The summed E-state index contributed by atoms with van der Waals surface area (Å²) in [6, 6.07) is 5.93. The van der Waals surface area contributed by atoms with Gasteiger partial charge in [0.1, 0.15) is 0 Å². The van der Waals surface area contributed by atoms with E-state index in [0.29, 0.717) is 5.57 Å². The van der Waals surface area contributed by atoms with Gasteiger partial charge in [0.25, 0.3) is 5.69 Å². The number of carbonyl (C=O) groups is 1. The van der Waals surface area contributed by atoms with Gasteiger partial charge in [-0.3, -0.25) is 10.1 Å². The van der Waals surface area contributed by atoms with Crippen molar-refractivity contribution in [3.63, 3.8) is 0 Å². The molecular weight excluding hydrogens is 222 g/mol. The Bertz CT molecular complexity index is 484. The summed E-state index contributed by atoms with van der Waals surface area (Å²) < 4.78 is 4.55. The molecule has 0 radical (unpaired) electrons. The third-order valence-corrected chi connectivity index (χ3v) is 2.17. The predicted octanol–water partition coefficient (Wildman–Crippen LogP) is 2.02. The van der Waals surface area contributed by atoms with E-state index in [0.717, 1.165) is 5.56 Å². The topological polar surface area (TPSA) is 69.4 Å². The van der Waals surface area contributed by atoms with Gasteiger partial charge < -0.3 is 4.74 Å². The Labute approximate surface area is 98.2 Å². The maximum atomic E-state index is 11.3. The normalized spacial score (nSPS) is 9.24. The van der Waals surface area contributed by atoms with E-state index in [9.17, 15) is 14.9 Å². The molecule has 0 saturated heterocycles. The van der Waals surface area contributed by atoms with Gasteiger partial charge in [-0.2, -0.15) is 0 Å². The van der Waals surface area contributed by atoms with Gasteiger partial charge in [-0.05, 0) is 5.56 Å². The number of nitro benzene ring substituents is 1. The highest BCUT2D eigenvalue weighted by molar-refractivity contribution is 5.88. The zero-order valence-electron chi connectivity index (χ0n) is 9.30. The maximum absolute atomic E-state index is 11.3. The molecule has 5 nitrogen and oxygen atoms in total. The Morgan fingerprint density at radius 1 is 1.47 bits per heavy atom. The molecule has 0 amide bonds. The standard InChI is InChI=1S/C12H11NO4/c1-3-10(12(14)17-2)8-9-4-6-11(7-5-9)13(15)16/h4-7H,1,8H2,2H3. The Morgan fingerprint density at radius 2 is 2.06 bits per heavy atom. The molecule has 0 N–H and O–H groups in total. The largest absolute Gasteiger partial charge is 0.465 e. The van der Waals surface area contributed by atoms with E-state index in [1.807, 2.05) is 0 Å². The molecule has 0 fully saturated rings. The summed E-state index contributed by atoms with van der Waals surface area (Å²) in [5.41, 5.74) is 3.56. The van der Waals surface area contributed by atoms with Crippen LogP contribution in [0.1, 0.15) is 5.56 Å². The Hall–Kier alpha value is -2.39. The molecule has 0 atom stereocenters. The van der Waals surface area contributed by atoms with Crippen molar-refractivity contribution < 1.29 is 14.5 Å². The first-order valence-corrected chi connectivity index (χ1v) is 4.79. The molecule has 17 heavy (non-hydrogen) atoms. The highest BCUT2D eigenvalue weighted by Crippen LogP contribution is 2.14. The van der Waals surface area contributed by atoms with Gasteiger partial charge in [0.2, 0.25) is 0 Å². The minimum Gasteiger partial charge on any atom is -0.465 e. The third kappa shape index (κ3) is 3.29. The maximum Gasteiger partial charge on any atom is 0.341 e. The van der Waals surface area contributed by atoms with E-state index in [4.69, 9.17) is 0 Å². The van der Waals surface area contributed by atoms with Gasteiger partial charge in [0.15, 0.2) is 0 Å². The molecule has 0 aromatic heterocycles. The molecule has 0 bridgehead atoms. The van der Waals surface area contributed by atoms with Crippen molar-refractivity contribution in [1.82, 2.24) is 0 Å². The number of ether oxygens (including phenoxy) is 1. The number of benzene rings is 1. The molecule has 88 valence electrons. The first kappa shape index (κ1) is 12.7. The molecule has 1 aromatic carbocycles. The number of hydrogen-bond acceptors (Lipinski definition) is 4. The van der Waals surface area contributed by atoms with Crippen LogP contribution in [-0.2, 0) is 16.0 Å². The zero-order chi connectivity index (χ0) is 12.8. The molecular formula is C12H11NO4. The van der Waals surface area contributed by atoms with Crippen molar-refractivity contribution in [2.45, 2.75) is 6.42 Å². The summed E-state index contributed by atoms with van der Waals surface area (Å²) >= 11 is 0. The molecule has 0 aliphatic carbocycles. The Balaban J connectivity index is 2.85. The lowest BCUT2D eigenvalue weighted by atomic mass is 10.1. The molecule has 1 aromatic rings. The summed E-state index contributed by atoms with van der Waals surface area (Å²) in [4.78, 5) is 21.2. The molecule has 0 spiro atoms. The van der Waals surface area contributed by atoms with E-state index in [1.54, 1.807) is 12.1 Å². The third-order valence-electron chi connectivity index (χ3n) is 2.17. The SMILES string of the molecule is C=C=C(Cc1ccc([N+](=O)[O-])cc1)C(=O)OC. The lowest BCUT2D eigenvalue weighted by Crippen LogP contribution is -2.06. The lowest BCUT2D eigenvalue weighted by Gasteiger charge is -2.02. The van der Waals surface area contributed by atoms with Crippen molar-refractivity contribution in [1.29, 1.82) is 0 Å². The van der Waals surface area contributed by atoms with Gasteiger partial charge >= 0.3 is 5.97 Å². The number of non-ortho nitro benzene ring substituents is 1. The molecule has 0 saturated carbocycles. The van der Waals surface area contributed by atoms with Crippen molar-refractivity contribution in [3.05, 3.63) is 57.8 Å². The van der Waals surface area contributed by atoms with Crippen LogP contribution in [0.2, 0.25) is 0 Å². The van der Waals surface area contributed by atoms with Crippen LogP contribution < -0.4 is 0 Å². The highest BCUT2D eigenvalue weighted by atomic mass is 16.6. The van der Waals surface area contributed by atoms with E-state index < -0.39 is 10.9 Å². The van der Waals surface area contributed by atoms with Gasteiger partial charge in [-0.1, -0.05) is 18.7 Å². The Morgan fingerprint density at radius 3 is 2.47 bits per heavy atom.